The number of hydrazone groups is 1. The zero-order chi connectivity index (χ0) is 18.5. The van der Waals surface area contributed by atoms with Crippen molar-refractivity contribution in [1.82, 2.24) is 0 Å². The van der Waals surface area contributed by atoms with Crippen molar-refractivity contribution in [3.63, 3.8) is 0 Å². The number of likely N-dealkylation sites (N-methyl/N-ethyl adjacent to an activating group) is 1. The molecule has 0 radical (unpaired) electrons. The number of rotatable bonds is 5. The zero-order valence-electron chi connectivity index (χ0n) is 15.2. The van der Waals surface area contributed by atoms with E-state index in [1.807, 2.05) is 31.2 Å². The molecule has 0 aliphatic carbocycles. The van der Waals surface area contributed by atoms with E-state index in [1.165, 1.54) is 0 Å². The molecule has 0 atom stereocenters. The first-order chi connectivity index (χ1) is 12.6. The molecule has 0 spiro atoms. The third-order valence-corrected chi connectivity index (χ3v) is 5.09. The second-order valence-electron chi connectivity index (χ2n) is 6.58. The lowest BCUT2D eigenvalue weighted by Crippen LogP contribution is -3.14. The lowest BCUT2D eigenvalue weighted by atomic mass is 10.1. The first-order valence-corrected chi connectivity index (χ1v) is 9.39. The van der Waals surface area contributed by atoms with Crippen LogP contribution in [0.4, 0.5) is 15.8 Å². The smallest absolute Gasteiger partial charge is 0.147 e. The molecular formula is C20H25ClFN4+. The van der Waals surface area contributed by atoms with E-state index in [9.17, 15) is 4.39 Å². The number of anilines is 2. The van der Waals surface area contributed by atoms with Crippen LogP contribution in [0.3, 0.4) is 0 Å². The molecule has 2 aromatic carbocycles. The molecule has 1 heterocycles. The van der Waals surface area contributed by atoms with E-state index >= 15 is 0 Å². The molecule has 26 heavy (non-hydrogen) atoms. The summed E-state index contributed by atoms with van der Waals surface area (Å²) in [6, 6.07) is 12.7. The van der Waals surface area contributed by atoms with Gasteiger partial charge in [0.15, 0.2) is 0 Å². The van der Waals surface area contributed by atoms with Gasteiger partial charge in [-0.1, -0.05) is 23.7 Å². The Morgan fingerprint density at radius 3 is 2.65 bits per heavy atom. The molecule has 4 nitrogen and oxygen atoms in total. The highest BCUT2D eigenvalue weighted by atomic mass is 35.5. The van der Waals surface area contributed by atoms with Gasteiger partial charge >= 0.3 is 0 Å². The second kappa shape index (κ2) is 8.52. The molecule has 0 saturated carbocycles. The summed E-state index contributed by atoms with van der Waals surface area (Å²) in [5.41, 5.74) is 5.92. The Bertz CT molecular complexity index is 785. The molecule has 2 N–H and O–H groups in total. The van der Waals surface area contributed by atoms with E-state index in [4.69, 9.17) is 11.6 Å². The maximum absolute atomic E-state index is 14.6. The van der Waals surface area contributed by atoms with Gasteiger partial charge in [0, 0.05) is 10.6 Å². The number of quaternary nitrogens is 1. The normalized spacial score (nSPS) is 16.0. The fourth-order valence-electron chi connectivity index (χ4n) is 3.18. The van der Waals surface area contributed by atoms with Gasteiger partial charge in [0.05, 0.1) is 49.8 Å². The van der Waals surface area contributed by atoms with Gasteiger partial charge in [0.2, 0.25) is 0 Å². The van der Waals surface area contributed by atoms with Crippen molar-refractivity contribution < 1.29 is 9.29 Å². The van der Waals surface area contributed by atoms with E-state index in [0.717, 1.165) is 49.7 Å². The number of hydrogen-bond donors (Lipinski definition) is 2. The Hall–Kier alpha value is -2.11. The molecule has 3 rings (SSSR count). The lowest BCUT2D eigenvalue weighted by molar-refractivity contribution is -0.898. The van der Waals surface area contributed by atoms with E-state index < -0.39 is 0 Å². The predicted molar refractivity (Wildman–Crippen MR) is 107 cm³/mol. The van der Waals surface area contributed by atoms with Crippen molar-refractivity contribution in [2.75, 3.05) is 43.0 Å². The summed E-state index contributed by atoms with van der Waals surface area (Å²) in [4.78, 5) is 3.71. The van der Waals surface area contributed by atoms with Crippen LogP contribution in [0.15, 0.2) is 47.6 Å². The van der Waals surface area contributed by atoms with Crippen LogP contribution >= 0.6 is 11.6 Å². The molecule has 138 valence electrons. The number of piperazine rings is 1. The summed E-state index contributed by atoms with van der Waals surface area (Å²) >= 11 is 5.96. The van der Waals surface area contributed by atoms with Crippen LogP contribution in [0.25, 0.3) is 0 Å². The van der Waals surface area contributed by atoms with Gasteiger partial charge in [-0.05, 0) is 44.2 Å². The lowest BCUT2D eigenvalue weighted by Gasteiger charge is -2.33. The van der Waals surface area contributed by atoms with E-state index in [0.29, 0.717) is 10.7 Å². The summed E-state index contributed by atoms with van der Waals surface area (Å²) in [6.07, 6.45) is 0. The number of hydrogen-bond acceptors (Lipinski definition) is 3. The molecule has 0 amide bonds. The van der Waals surface area contributed by atoms with E-state index in [1.54, 1.807) is 23.1 Å². The molecule has 0 aromatic heterocycles. The summed E-state index contributed by atoms with van der Waals surface area (Å²) in [6.45, 7) is 9.08. The third kappa shape index (κ3) is 4.54. The summed E-state index contributed by atoms with van der Waals surface area (Å²) in [5.74, 6) is -0.195. The first-order valence-electron chi connectivity index (χ1n) is 9.01. The maximum Gasteiger partial charge on any atom is 0.147 e. The molecule has 2 aromatic rings. The Morgan fingerprint density at radius 2 is 2.00 bits per heavy atom. The van der Waals surface area contributed by atoms with Gasteiger partial charge in [-0.15, -0.1) is 0 Å². The minimum atomic E-state index is -0.195. The van der Waals surface area contributed by atoms with Gasteiger partial charge < -0.3 is 9.80 Å². The average Bonchev–Trinajstić information content (AvgIpc) is 2.66. The van der Waals surface area contributed by atoms with Gasteiger partial charge in [-0.2, -0.15) is 5.10 Å². The minimum Gasteiger partial charge on any atom is -0.358 e. The van der Waals surface area contributed by atoms with Gasteiger partial charge in [-0.25, -0.2) is 4.39 Å². The highest BCUT2D eigenvalue weighted by molar-refractivity contribution is 6.30. The van der Waals surface area contributed by atoms with Crippen LogP contribution in [0.1, 0.15) is 19.4 Å². The number of halogens is 2. The van der Waals surface area contributed by atoms with E-state index in [2.05, 4.69) is 22.4 Å². The van der Waals surface area contributed by atoms with Crippen LogP contribution in [-0.2, 0) is 0 Å². The monoisotopic (exact) mass is 375 g/mol. The minimum absolute atomic E-state index is 0.195. The number of nitrogens with one attached hydrogen (secondary N) is 2. The third-order valence-electron chi connectivity index (χ3n) is 4.85. The average molecular weight is 376 g/mol. The second-order valence-corrected chi connectivity index (χ2v) is 7.01. The van der Waals surface area contributed by atoms with Crippen LogP contribution in [0.2, 0.25) is 5.02 Å². The Kier molecular flexibility index (Phi) is 6.12. The summed E-state index contributed by atoms with van der Waals surface area (Å²) in [5, 5.41) is 4.98. The van der Waals surface area contributed by atoms with Crippen molar-refractivity contribution in [3.8, 4) is 0 Å². The highest BCUT2D eigenvalue weighted by Gasteiger charge is 2.21. The summed E-state index contributed by atoms with van der Waals surface area (Å²) in [7, 11) is 0. The molecule has 1 fully saturated rings. The van der Waals surface area contributed by atoms with Crippen molar-refractivity contribution in [2.45, 2.75) is 13.8 Å². The van der Waals surface area contributed by atoms with Crippen molar-refractivity contribution >= 4 is 28.7 Å². The predicted octanol–water partition coefficient (Wildman–Crippen LogP) is 3.04. The van der Waals surface area contributed by atoms with Crippen LogP contribution in [-0.4, -0.2) is 38.4 Å². The molecular weight excluding hydrogens is 351 g/mol. The Balaban J connectivity index is 1.69. The fourth-order valence-corrected chi connectivity index (χ4v) is 3.37. The zero-order valence-corrected chi connectivity index (χ0v) is 16.0. The first kappa shape index (κ1) is 18.7. The van der Waals surface area contributed by atoms with Crippen LogP contribution in [0.5, 0.6) is 0 Å². The van der Waals surface area contributed by atoms with Crippen molar-refractivity contribution in [1.29, 1.82) is 0 Å². The van der Waals surface area contributed by atoms with Crippen molar-refractivity contribution in [3.05, 3.63) is 58.9 Å². The Labute approximate surface area is 159 Å². The van der Waals surface area contributed by atoms with Gasteiger partial charge in [-0.3, -0.25) is 5.43 Å². The fraction of sp³-hybridized carbons (Fsp3) is 0.350. The van der Waals surface area contributed by atoms with Crippen LogP contribution in [0, 0.1) is 5.82 Å². The number of benzene rings is 2. The summed E-state index contributed by atoms with van der Waals surface area (Å²) < 4.78 is 14.6. The van der Waals surface area contributed by atoms with Crippen LogP contribution < -0.4 is 15.2 Å². The number of nitrogens with zero attached hydrogens (tertiary/aromatic N) is 2. The quantitative estimate of drug-likeness (QED) is 0.622. The highest BCUT2D eigenvalue weighted by Crippen LogP contribution is 2.21. The van der Waals surface area contributed by atoms with Gasteiger partial charge in [0.25, 0.3) is 0 Å². The molecule has 0 unspecified atom stereocenters. The van der Waals surface area contributed by atoms with E-state index in [-0.39, 0.29) is 5.82 Å². The molecule has 0 bridgehead atoms. The standard InChI is InChI=1S/C20H24ClFN4/c1-3-25-9-11-26(12-10-25)20-8-7-16(13-19(20)22)15(2)23-24-18-6-4-5-17(21)14-18/h4-8,13-14,24H,3,9-12H2,1-2H3/p+1/b23-15-. The van der Waals surface area contributed by atoms with Crippen molar-refractivity contribution in [2.24, 2.45) is 5.10 Å². The molecule has 1 saturated heterocycles. The van der Waals surface area contributed by atoms with Gasteiger partial charge in [0.1, 0.15) is 5.82 Å². The molecule has 6 heteroatoms. The largest absolute Gasteiger partial charge is 0.358 e. The maximum atomic E-state index is 14.6. The SMILES string of the molecule is CC[NH+]1CCN(c2ccc(/C(C)=N\Nc3cccc(Cl)c3)cc2F)CC1. The topological polar surface area (TPSA) is 32.1 Å². The Morgan fingerprint density at radius 1 is 1.23 bits per heavy atom. The molecule has 1 aliphatic rings. The molecule has 1 aliphatic heterocycles.